The highest BCUT2D eigenvalue weighted by molar-refractivity contribution is 5.73. The first kappa shape index (κ1) is 23.0. The third-order valence-electron chi connectivity index (χ3n) is 6.43. The maximum absolute atomic E-state index is 12.4. The molecule has 2 aromatic rings. The molecule has 1 aromatic heterocycles. The van der Waals surface area contributed by atoms with Crippen LogP contribution < -0.4 is 10.5 Å². The zero-order valence-electron chi connectivity index (χ0n) is 19.9. The van der Waals surface area contributed by atoms with Gasteiger partial charge in [-0.2, -0.15) is 10.4 Å². The van der Waals surface area contributed by atoms with Crippen LogP contribution in [0.3, 0.4) is 0 Å². The smallest absolute Gasteiger partial charge is 0.410 e. The number of nitrogens with zero attached hydrogens (tertiary/aromatic N) is 4. The van der Waals surface area contributed by atoms with Crippen molar-refractivity contribution in [2.45, 2.75) is 65.0 Å². The average Bonchev–Trinajstić information content (AvgIpc) is 3.32. The number of nitriles is 1. The molecule has 1 aromatic carbocycles. The molecule has 2 heterocycles. The van der Waals surface area contributed by atoms with E-state index in [1.165, 1.54) is 0 Å². The van der Waals surface area contributed by atoms with Crippen molar-refractivity contribution >= 4 is 11.9 Å². The van der Waals surface area contributed by atoms with Crippen LogP contribution in [0.2, 0.25) is 0 Å². The van der Waals surface area contributed by atoms with Crippen LogP contribution in [-0.2, 0) is 4.74 Å². The minimum atomic E-state index is -0.497. The molecule has 2 N–H and O–H groups in total. The Hall–Kier alpha value is -3.21. The summed E-state index contributed by atoms with van der Waals surface area (Å²) in [6, 6.07) is 9.96. The highest BCUT2D eigenvalue weighted by Gasteiger charge is 2.51. The monoisotopic (exact) mass is 451 g/mol. The predicted molar refractivity (Wildman–Crippen MR) is 126 cm³/mol. The predicted octanol–water partition coefficient (Wildman–Crippen LogP) is 4.75. The Bertz CT molecular complexity index is 1060. The van der Waals surface area contributed by atoms with E-state index < -0.39 is 5.60 Å². The molecule has 0 bridgehead atoms. The van der Waals surface area contributed by atoms with Gasteiger partial charge in [0.15, 0.2) is 0 Å². The normalized spacial score (nSPS) is 22.2. The van der Waals surface area contributed by atoms with Gasteiger partial charge in [0.25, 0.3) is 0 Å². The lowest BCUT2D eigenvalue weighted by Crippen LogP contribution is -2.43. The number of hydrogen-bond acceptors (Lipinski definition) is 6. The molecule has 0 unspecified atom stereocenters. The molecular formula is C25H33N5O3. The van der Waals surface area contributed by atoms with Gasteiger partial charge in [0.2, 0.25) is 0 Å². The van der Waals surface area contributed by atoms with E-state index in [2.05, 4.69) is 13.0 Å². The van der Waals surface area contributed by atoms with Crippen LogP contribution in [0.1, 0.15) is 65.0 Å². The van der Waals surface area contributed by atoms with E-state index in [1.807, 2.05) is 49.9 Å². The minimum absolute atomic E-state index is 0.0746. The fourth-order valence-electron chi connectivity index (χ4n) is 4.83. The molecule has 1 saturated heterocycles. The highest BCUT2D eigenvalue weighted by Crippen LogP contribution is 2.54. The molecular weight excluding hydrogens is 418 g/mol. The summed E-state index contributed by atoms with van der Waals surface area (Å²) in [5, 5.41) is 14.5. The van der Waals surface area contributed by atoms with Crippen LogP contribution in [0, 0.1) is 16.7 Å². The molecule has 8 heteroatoms. The SMILES string of the molecule is CCCOc1ccc(-c2nn([C@H]3C[C@]4(CCN(C(=O)OC(C)(C)C)C4)C3)c(N)c2C#N)cc1. The van der Waals surface area contributed by atoms with Crippen LogP contribution in [0.15, 0.2) is 24.3 Å². The third-order valence-corrected chi connectivity index (χ3v) is 6.43. The number of carbonyl (C=O) groups is 1. The lowest BCUT2D eigenvalue weighted by molar-refractivity contribution is 0.0188. The molecule has 1 amide bonds. The molecule has 2 aliphatic rings. The van der Waals surface area contributed by atoms with Gasteiger partial charge in [-0.05, 0) is 76.1 Å². The molecule has 33 heavy (non-hydrogen) atoms. The van der Waals surface area contributed by atoms with Crippen molar-refractivity contribution in [2.24, 2.45) is 5.41 Å². The van der Waals surface area contributed by atoms with Crippen molar-refractivity contribution < 1.29 is 14.3 Å². The molecule has 1 aliphatic heterocycles. The number of benzene rings is 1. The van der Waals surface area contributed by atoms with E-state index >= 15 is 0 Å². The summed E-state index contributed by atoms with van der Waals surface area (Å²) >= 11 is 0. The van der Waals surface area contributed by atoms with E-state index in [4.69, 9.17) is 20.3 Å². The van der Waals surface area contributed by atoms with Crippen LogP contribution in [-0.4, -0.2) is 46.1 Å². The van der Waals surface area contributed by atoms with Crippen molar-refractivity contribution in [1.82, 2.24) is 14.7 Å². The van der Waals surface area contributed by atoms with Crippen LogP contribution >= 0.6 is 0 Å². The summed E-state index contributed by atoms with van der Waals surface area (Å²) in [5.41, 5.74) is 7.78. The van der Waals surface area contributed by atoms with Gasteiger partial charge in [-0.3, -0.25) is 0 Å². The number of likely N-dealkylation sites (tertiary alicyclic amines) is 1. The number of ether oxygens (including phenoxy) is 2. The van der Waals surface area contributed by atoms with E-state index in [-0.39, 0.29) is 17.6 Å². The van der Waals surface area contributed by atoms with Crippen molar-refractivity contribution in [3.8, 4) is 23.1 Å². The van der Waals surface area contributed by atoms with Crippen LogP contribution in [0.4, 0.5) is 10.6 Å². The summed E-state index contributed by atoms with van der Waals surface area (Å²) in [5.74, 6) is 1.20. The summed E-state index contributed by atoms with van der Waals surface area (Å²) in [7, 11) is 0. The summed E-state index contributed by atoms with van der Waals surface area (Å²) < 4.78 is 13.0. The Balaban J connectivity index is 1.46. The zero-order valence-corrected chi connectivity index (χ0v) is 19.9. The second-order valence-corrected chi connectivity index (χ2v) is 10.3. The van der Waals surface area contributed by atoms with Crippen molar-refractivity contribution in [2.75, 3.05) is 25.4 Å². The summed E-state index contributed by atoms with van der Waals surface area (Å²) in [4.78, 5) is 14.2. The fourth-order valence-corrected chi connectivity index (χ4v) is 4.83. The molecule has 2 fully saturated rings. The molecule has 176 valence electrons. The number of nitrogen functional groups attached to an aromatic ring is 1. The third kappa shape index (κ3) is 4.63. The zero-order chi connectivity index (χ0) is 23.8. The highest BCUT2D eigenvalue weighted by atomic mass is 16.6. The van der Waals surface area contributed by atoms with Gasteiger partial charge < -0.3 is 20.1 Å². The van der Waals surface area contributed by atoms with E-state index in [0.717, 1.165) is 37.0 Å². The van der Waals surface area contributed by atoms with Gasteiger partial charge in [-0.15, -0.1) is 0 Å². The Labute approximate surface area is 195 Å². The number of nitrogens with two attached hydrogens (primary N) is 1. The van der Waals surface area contributed by atoms with Crippen molar-refractivity contribution in [3.05, 3.63) is 29.8 Å². The molecule has 1 saturated carbocycles. The standard InChI is InChI=1S/C25H33N5O3/c1-5-12-32-19-8-6-17(7-9-19)21-20(15-26)22(27)30(28-21)18-13-25(14-18)10-11-29(16-25)23(31)33-24(2,3)4/h6-9,18H,5,10-14,16,27H2,1-4H3/t18-,25+. The molecule has 8 nitrogen and oxygen atoms in total. The summed E-state index contributed by atoms with van der Waals surface area (Å²) in [6.07, 6.45) is 3.40. The molecule has 1 spiro atoms. The van der Waals surface area contributed by atoms with Gasteiger partial charge >= 0.3 is 6.09 Å². The minimum Gasteiger partial charge on any atom is -0.494 e. The first-order valence-corrected chi connectivity index (χ1v) is 11.6. The maximum Gasteiger partial charge on any atom is 0.410 e. The molecule has 0 radical (unpaired) electrons. The number of hydrogen-bond donors (Lipinski definition) is 1. The van der Waals surface area contributed by atoms with Gasteiger partial charge in [-0.1, -0.05) is 6.92 Å². The maximum atomic E-state index is 12.4. The Morgan fingerprint density at radius 2 is 2.00 bits per heavy atom. The number of amides is 1. The molecule has 4 rings (SSSR count). The second kappa shape index (κ2) is 8.62. The molecule has 0 atom stereocenters. The Kier molecular flexibility index (Phi) is 6.00. The van der Waals surface area contributed by atoms with Crippen LogP contribution in [0.25, 0.3) is 11.3 Å². The number of anilines is 1. The first-order chi connectivity index (χ1) is 15.6. The van der Waals surface area contributed by atoms with Gasteiger partial charge in [0, 0.05) is 18.7 Å². The van der Waals surface area contributed by atoms with Gasteiger partial charge in [-0.25, -0.2) is 9.48 Å². The summed E-state index contributed by atoms with van der Waals surface area (Å²) in [6.45, 7) is 9.77. The van der Waals surface area contributed by atoms with Gasteiger partial charge in [0.05, 0.1) is 12.6 Å². The number of aromatic nitrogens is 2. The average molecular weight is 452 g/mol. The number of rotatable bonds is 5. The lowest BCUT2D eigenvalue weighted by Gasteiger charge is -2.45. The van der Waals surface area contributed by atoms with Gasteiger partial charge in [0.1, 0.15) is 34.5 Å². The lowest BCUT2D eigenvalue weighted by atomic mass is 9.65. The van der Waals surface area contributed by atoms with Crippen molar-refractivity contribution in [1.29, 1.82) is 5.26 Å². The van der Waals surface area contributed by atoms with E-state index in [9.17, 15) is 10.1 Å². The molecule has 1 aliphatic carbocycles. The van der Waals surface area contributed by atoms with E-state index in [1.54, 1.807) is 4.68 Å². The Morgan fingerprint density at radius 1 is 1.30 bits per heavy atom. The Morgan fingerprint density at radius 3 is 2.61 bits per heavy atom. The van der Waals surface area contributed by atoms with E-state index in [0.29, 0.717) is 36.8 Å². The van der Waals surface area contributed by atoms with Crippen molar-refractivity contribution in [3.63, 3.8) is 0 Å². The topological polar surface area (TPSA) is 106 Å². The number of carbonyl (C=O) groups excluding carboxylic acids is 1. The fraction of sp³-hybridized carbons (Fsp3) is 0.560. The first-order valence-electron chi connectivity index (χ1n) is 11.6. The van der Waals surface area contributed by atoms with Crippen LogP contribution in [0.5, 0.6) is 5.75 Å². The largest absolute Gasteiger partial charge is 0.494 e. The quantitative estimate of drug-likeness (QED) is 0.703. The second-order valence-electron chi connectivity index (χ2n) is 10.3.